The quantitative estimate of drug-likeness (QED) is 0.851. The minimum absolute atomic E-state index is 0.263. The van der Waals surface area contributed by atoms with Gasteiger partial charge in [-0.3, -0.25) is 9.69 Å². The number of rotatable bonds is 4. The number of amides is 1. The standard InChI is InChI=1S/C20H30N2O2/c1-16(2)18-4-3-5-19(14-18)17-6-8-21(9-7-17)15-20(23)22-10-12-24-13-11-22/h3-5,14,16-17H,6-13,15H2,1-2H3. The van der Waals surface area contributed by atoms with Crippen molar-refractivity contribution in [2.45, 2.75) is 38.5 Å². The average Bonchev–Trinajstić information content (AvgIpc) is 2.63. The molecule has 0 radical (unpaired) electrons. The summed E-state index contributed by atoms with van der Waals surface area (Å²) in [5, 5.41) is 0. The van der Waals surface area contributed by atoms with E-state index in [0.29, 0.717) is 31.6 Å². The van der Waals surface area contributed by atoms with Gasteiger partial charge in [0.05, 0.1) is 19.8 Å². The lowest BCUT2D eigenvalue weighted by Gasteiger charge is -2.34. The van der Waals surface area contributed by atoms with Crippen molar-refractivity contribution >= 4 is 5.91 Å². The molecule has 0 aromatic heterocycles. The molecule has 132 valence electrons. The molecule has 0 atom stereocenters. The smallest absolute Gasteiger partial charge is 0.236 e. The molecule has 1 amide bonds. The summed E-state index contributed by atoms with van der Waals surface area (Å²) in [7, 11) is 0. The number of ether oxygens (including phenoxy) is 1. The van der Waals surface area contributed by atoms with Crippen molar-refractivity contribution < 1.29 is 9.53 Å². The highest BCUT2D eigenvalue weighted by Crippen LogP contribution is 2.29. The van der Waals surface area contributed by atoms with Gasteiger partial charge < -0.3 is 9.64 Å². The van der Waals surface area contributed by atoms with Gasteiger partial charge in [0.25, 0.3) is 0 Å². The van der Waals surface area contributed by atoms with Crippen molar-refractivity contribution in [3.05, 3.63) is 35.4 Å². The highest BCUT2D eigenvalue weighted by atomic mass is 16.5. The summed E-state index contributed by atoms with van der Waals surface area (Å²) in [6.07, 6.45) is 2.30. The minimum atomic E-state index is 0.263. The van der Waals surface area contributed by atoms with Gasteiger partial charge in [-0.05, 0) is 48.9 Å². The van der Waals surface area contributed by atoms with Crippen molar-refractivity contribution in [3.63, 3.8) is 0 Å². The molecule has 4 heteroatoms. The number of carbonyl (C=O) groups excluding carboxylic acids is 1. The Morgan fingerprint density at radius 1 is 1.17 bits per heavy atom. The van der Waals surface area contributed by atoms with Crippen LogP contribution in [0, 0.1) is 0 Å². The van der Waals surface area contributed by atoms with E-state index in [1.807, 2.05) is 4.90 Å². The Morgan fingerprint density at radius 3 is 2.54 bits per heavy atom. The van der Waals surface area contributed by atoms with Gasteiger partial charge in [0, 0.05) is 13.1 Å². The van der Waals surface area contributed by atoms with Gasteiger partial charge in [0.1, 0.15) is 0 Å². The lowest BCUT2D eigenvalue weighted by Crippen LogP contribution is -2.47. The Bertz CT molecular complexity index is 544. The number of morpholine rings is 1. The topological polar surface area (TPSA) is 32.8 Å². The van der Waals surface area contributed by atoms with Gasteiger partial charge in [0.15, 0.2) is 0 Å². The SMILES string of the molecule is CC(C)c1cccc(C2CCN(CC(=O)N3CCOCC3)CC2)c1. The van der Waals surface area contributed by atoms with Crippen LogP contribution in [-0.4, -0.2) is 61.6 Å². The molecule has 0 unspecified atom stereocenters. The molecule has 2 aliphatic rings. The number of piperidine rings is 1. The van der Waals surface area contributed by atoms with Crippen molar-refractivity contribution in [3.8, 4) is 0 Å². The Hall–Kier alpha value is -1.39. The van der Waals surface area contributed by atoms with Crippen LogP contribution in [0.15, 0.2) is 24.3 Å². The first-order valence-corrected chi connectivity index (χ1v) is 9.31. The van der Waals surface area contributed by atoms with E-state index >= 15 is 0 Å². The fourth-order valence-electron chi connectivity index (χ4n) is 3.70. The summed E-state index contributed by atoms with van der Waals surface area (Å²) < 4.78 is 5.32. The second kappa shape index (κ2) is 8.13. The van der Waals surface area contributed by atoms with Crippen LogP contribution in [0.3, 0.4) is 0 Å². The zero-order chi connectivity index (χ0) is 16.9. The Kier molecular flexibility index (Phi) is 5.90. The third-order valence-electron chi connectivity index (χ3n) is 5.36. The third kappa shape index (κ3) is 4.37. The van der Waals surface area contributed by atoms with E-state index in [4.69, 9.17) is 4.74 Å². The highest BCUT2D eigenvalue weighted by Gasteiger charge is 2.24. The largest absolute Gasteiger partial charge is 0.378 e. The van der Waals surface area contributed by atoms with E-state index in [-0.39, 0.29) is 5.91 Å². The molecular weight excluding hydrogens is 300 g/mol. The number of carbonyl (C=O) groups is 1. The van der Waals surface area contributed by atoms with Gasteiger partial charge in [-0.25, -0.2) is 0 Å². The van der Waals surface area contributed by atoms with Crippen molar-refractivity contribution in [1.82, 2.24) is 9.80 Å². The van der Waals surface area contributed by atoms with Crippen molar-refractivity contribution in [1.29, 1.82) is 0 Å². The molecule has 1 aromatic rings. The number of benzene rings is 1. The molecule has 0 aliphatic carbocycles. The lowest BCUT2D eigenvalue weighted by molar-refractivity contribution is -0.136. The van der Waals surface area contributed by atoms with Crippen molar-refractivity contribution in [2.24, 2.45) is 0 Å². The molecule has 0 spiro atoms. The summed E-state index contributed by atoms with van der Waals surface area (Å²) >= 11 is 0. The summed E-state index contributed by atoms with van der Waals surface area (Å²) in [5.74, 6) is 1.48. The molecule has 2 fully saturated rings. The number of hydrogen-bond acceptors (Lipinski definition) is 3. The van der Waals surface area contributed by atoms with E-state index in [1.54, 1.807) is 0 Å². The van der Waals surface area contributed by atoms with Crippen LogP contribution in [-0.2, 0) is 9.53 Å². The number of hydrogen-bond donors (Lipinski definition) is 0. The molecule has 2 heterocycles. The van der Waals surface area contributed by atoms with Gasteiger partial charge in [-0.1, -0.05) is 38.1 Å². The van der Waals surface area contributed by atoms with Gasteiger partial charge in [0.2, 0.25) is 5.91 Å². The fourth-order valence-corrected chi connectivity index (χ4v) is 3.70. The monoisotopic (exact) mass is 330 g/mol. The highest BCUT2D eigenvalue weighted by molar-refractivity contribution is 5.78. The first-order valence-electron chi connectivity index (χ1n) is 9.31. The molecule has 0 N–H and O–H groups in total. The minimum Gasteiger partial charge on any atom is -0.378 e. The van der Waals surface area contributed by atoms with Crippen LogP contribution in [0.25, 0.3) is 0 Å². The Labute approximate surface area is 145 Å². The molecule has 24 heavy (non-hydrogen) atoms. The van der Waals surface area contributed by atoms with Crippen LogP contribution in [0.1, 0.15) is 49.7 Å². The normalized spacial score (nSPS) is 20.5. The first-order chi connectivity index (χ1) is 11.6. The number of nitrogens with zero attached hydrogens (tertiary/aromatic N) is 2. The predicted octanol–water partition coefficient (Wildman–Crippen LogP) is 2.85. The van der Waals surface area contributed by atoms with E-state index in [0.717, 1.165) is 39.0 Å². The van der Waals surface area contributed by atoms with Crippen LogP contribution in [0.4, 0.5) is 0 Å². The molecule has 2 saturated heterocycles. The Balaban J connectivity index is 1.50. The summed E-state index contributed by atoms with van der Waals surface area (Å²) in [4.78, 5) is 16.6. The summed E-state index contributed by atoms with van der Waals surface area (Å²) in [6, 6.07) is 9.07. The van der Waals surface area contributed by atoms with E-state index < -0.39 is 0 Å². The van der Waals surface area contributed by atoms with Gasteiger partial charge in [-0.15, -0.1) is 0 Å². The number of likely N-dealkylation sites (tertiary alicyclic amines) is 1. The molecule has 4 nitrogen and oxygen atoms in total. The van der Waals surface area contributed by atoms with E-state index in [2.05, 4.69) is 43.0 Å². The van der Waals surface area contributed by atoms with Crippen LogP contribution in [0.5, 0.6) is 0 Å². The van der Waals surface area contributed by atoms with Crippen LogP contribution >= 0.6 is 0 Å². The molecule has 2 aliphatic heterocycles. The molecular formula is C20H30N2O2. The second-order valence-electron chi connectivity index (χ2n) is 7.37. The molecule has 1 aromatic carbocycles. The zero-order valence-electron chi connectivity index (χ0n) is 15.0. The lowest BCUT2D eigenvalue weighted by atomic mass is 9.87. The molecule has 0 saturated carbocycles. The van der Waals surface area contributed by atoms with Crippen molar-refractivity contribution in [2.75, 3.05) is 45.9 Å². The predicted molar refractivity (Wildman–Crippen MR) is 96.3 cm³/mol. The van der Waals surface area contributed by atoms with E-state index in [9.17, 15) is 4.79 Å². The van der Waals surface area contributed by atoms with Crippen LogP contribution < -0.4 is 0 Å². The zero-order valence-corrected chi connectivity index (χ0v) is 15.0. The Morgan fingerprint density at radius 2 is 1.88 bits per heavy atom. The van der Waals surface area contributed by atoms with Gasteiger partial charge in [-0.2, -0.15) is 0 Å². The third-order valence-corrected chi connectivity index (χ3v) is 5.36. The maximum Gasteiger partial charge on any atom is 0.236 e. The summed E-state index contributed by atoms with van der Waals surface area (Å²) in [5.41, 5.74) is 2.90. The molecule has 3 rings (SSSR count). The van der Waals surface area contributed by atoms with E-state index in [1.165, 1.54) is 11.1 Å². The second-order valence-corrected chi connectivity index (χ2v) is 7.37. The van der Waals surface area contributed by atoms with Gasteiger partial charge >= 0.3 is 0 Å². The average molecular weight is 330 g/mol. The molecule has 0 bridgehead atoms. The summed E-state index contributed by atoms with van der Waals surface area (Å²) in [6.45, 7) is 9.96. The maximum absolute atomic E-state index is 12.4. The van der Waals surface area contributed by atoms with Crippen LogP contribution in [0.2, 0.25) is 0 Å². The fraction of sp³-hybridized carbons (Fsp3) is 0.650. The first kappa shape index (κ1) is 17.4. The maximum atomic E-state index is 12.4.